The lowest BCUT2D eigenvalue weighted by Gasteiger charge is -2.36. The largest absolute Gasteiger partial charge is 0.476 e. The number of alkyl halides is 3. The molecule has 0 bridgehead atoms. The number of benzene rings is 2. The van der Waals surface area contributed by atoms with Gasteiger partial charge in [0, 0.05) is 38.4 Å². The summed E-state index contributed by atoms with van der Waals surface area (Å²) in [6.07, 6.45) is -3.43. The Kier molecular flexibility index (Phi) is 8.36. The van der Waals surface area contributed by atoms with E-state index in [9.17, 15) is 18.0 Å². The Morgan fingerprint density at radius 3 is 2.06 bits per heavy atom. The quantitative estimate of drug-likeness (QED) is 0.461. The summed E-state index contributed by atoms with van der Waals surface area (Å²) in [6.45, 7) is 13.6. The fourth-order valence-corrected chi connectivity index (χ4v) is 4.33. The smallest absolute Gasteiger partial charge is 0.416 e. The number of aryl methyl sites for hydroxylation is 2. The topological polar surface area (TPSA) is 42.0 Å². The molecule has 1 heterocycles. The number of ether oxygens (including phenoxy) is 2. The van der Waals surface area contributed by atoms with Crippen LogP contribution in [0.15, 0.2) is 36.4 Å². The highest BCUT2D eigenvalue weighted by molar-refractivity contribution is 5.79. The van der Waals surface area contributed by atoms with E-state index in [2.05, 4.69) is 21.9 Å². The number of carbonyl (C=O) groups excluding carboxylic acids is 1. The first-order valence-corrected chi connectivity index (χ1v) is 12.0. The molecular weight excluding hydrogens is 457 g/mol. The van der Waals surface area contributed by atoms with Crippen molar-refractivity contribution in [3.8, 4) is 5.75 Å². The monoisotopic (exact) mass is 492 g/mol. The summed E-state index contributed by atoms with van der Waals surface area (Å²) in [5.41, 5.74) is 2.29. The zero-order chi connectivity index (χ0) is 25.8. The summed E-state index contributed by atoms with van der Waals surface area (Å²) in [4.78, 5) is 16.7. The SMILES string of the molecule is CCOC(=O)C(C)(C)Oc1c(C)cc(CCN2CCN(c3ccc(C(F)(F)F)cc3)CC2)cc1C. The van der Waals surface area contributed by atoms with E-state index in [1.54, 1.807) is 32.9 Å². The molecule has 0 N–H and O–H groups in total. The predicted molar refractivity (Wildman–Crippen MR) is 131 cm³/mol. The summed E-state index contributed by atoms with van der Waals surface area (Å²) in [5, 5.41) is 0. The van der Waals surface area contributed by atoms with E-state index < -0.39 is 23.3 Å². The average molecular weight is 493 g/mol. The van der Waals surface area contributed by atoms with Crippen molar-refractivity contribution in [1.29, 1.82) is 0 Å². The van der Waals surface area contributed by atoms with Gasteiger partial charge in [0.05, 0.1) is 12.2 Å². The minimum atomic E-state index is -4.31. The number of nitrogens with zero attached hydrogens (tertiary/aromatic N) is 2. The fourth-order valence-electron chi connectivity index (χ4n) is 4.33. The van der Waals surface area contributed by atoms with Gasteiger partial charge in [-0.1, -0.05) is 12.1 Å². The summed E-state index contributed by atoms with van der Waals surface area (Å²) in [7, 11) is 0. The second kappa shape index (κ2) is 10.9. The first-order valence-electron chi connectivity index (χ1n) is 12.0. The molecule has 3 rings (SSSR count). The van der Waals surface area contributed by atoms with Gasteiger partial charge in [-0.15, -0.1) is 0 Å². The predicted octanol–water partition coefficient (Wildman–Crippen LogP) is 5.41. The summed E-state index contributed by atoms with van der Waals surface area (Å²) in [6, 6.07) is 9.60. The summed E-state index contributed by atoms with van der Waals surface area (Å²) in [5.74, 6) is 0.315. The molecule has 192 valence electrons. The number of rotatable bonds is 8. The molecular formula is C27H35F3N2O3. The van der Waals surface area contributed by atoms with Crippen LogP contribution < -0.4 is 9.64 Å². The van der Waals surface area contributed by atoms with Gasteiger partial charge in [-0.25, -0.2) is 4.79 Å². The fraction of sp³-hybridized carbons (Fsp3) is 0.519. The molecule has 0 amide bonds. The second-order valence-corrected chi connectivity index (χ2v) is 9.51. The van der Waals surface area contributed by atoms with Crippen LogP contribution in [0, 0.1) is 13.8 Å². The summed E-state index contributed by atoms with van der Waals surface area (Å²) >= 11 is 0. The number of carbonyl (C=O) groups is 1. The number of hydrogen-bond acceptors (Lipinski definition) is 5. The Hall–Kier alpha value is -2.74. The number of piperazine rings is 1. The Labute approximate surface area is 205 Å². The molecule has 2 aromatic carbocycles. The number of hydrogen-bond donors (Lipinski definition) is 0. The van der Waals surface area contributed by atoms with Gasteiger partial charge >= 0.3 is 12.1 Å². The molecule has 1 saturated heterocycles. The maximum Gasteiger partial charge on any atom is 0.416 e. The lowest BCUT2D eigenvalue weighted by atomic mass is 10.0. The molecule has 5 nitrogen and oxygen atoms in total. The molecule has 0 aliphatic carbocycles. The first kappa shape index (κ1) is 26.9. The minimum Gasteiger partial charge on any atom is -0.476 e. The van der Waals surface area contributed by atoms with Gasteiger partial charge in [0.1, 0.15) is 5.75 Å². The van der Waals surface area contributed by atoms with Crippen LogP contribution in [0.25, 0.3) is 0 Å². The molecule has 35 heavy (non-hydrogen) atoms. The number of esters is 1. The van der Waals surface area contributed by atoms with Gasteiger partial charge in [0.25, 0.3) is 0 Å². The molecule has 2 aromatic rings. The van der Waals surface area contributed by atoms with Gasteiger partial charge < -0.3 is 14.4 Å². The molecule has 0 radical (unpaired) electrons. The van der Waals surface area contributed by atoms with Crippen molar-refractivity contribution in [3.63, 3.8) is 0 Å². The lowest BCUT2D eigenvalue weighted by molar-refractivity contribution is -0.158. The summed E-state index contributed by atoms with van der Waals surface area (Å²) < 4.78 is 49.6. The van der Waals surface area contributed by atoms with Crippen LogP contribution in [-0.4, -0.2) is 55.8 Å². The van der Waals surface area contributed by atoms with E-state index in [-0.39, 0.29) is 0 Å². The Morgan fingerprint density at radius 1 is 0.971 bits per heavy atom. The van der Waals surface area contributed by atoms with Crippen molar-refractivity contribution >= 4 is 11.7 Å². The zero-order valence-electron chi connectivity index (χ0n) is 21.2. The highest BCUT2D eigenvalue weighted by Gasteiger charge is 2.33. The standard InChI is InChI=1S/C27H35F3N2O3/c1-6-34-25(33)26(4,5)35-24-19(2)17-21(18-20(24)3)11-12-31-13-15-32(16-14-31)23-9-7-22(8-10-23)27(28,29)30/h7-10,17-18H,6,11-16H2,1-5H3. The maximum atomic E-state index is 12.8. The Bertz CT molecular complexity index is 988. The Morgan fingerprint density at radius 2 is 1.54 bits per heavy atom. The molecule has 0 saturated carbocycles. The van der Waals surface area contributed by atoms with Crippen molar-refractivity contribution < 1.29 is 27.4 Å². The van der Waals surface area contributed by atoms with Crippen LogP contribution in [0.2, 0.25) is 0 Å². The van der Waals surface area contributed by atoms with Crippen molar-refractivity contribution in [1.82, 2.24) is 4.90 Å². The molecule has 1 aliphatic rings. The Balaban J connectivity index is 1.54. The normalized spacial score (nSPS) is 15.3. The van der Waals surface area contributed by atoms with Gasteiger partial charge in [-0.3, -0.25) is 4.90 Å². The first-order chi connectivity index (χ1) is 16.4. The maximum absolute atomic E-state index is 12.8. The minimum absolute atomic E-state index is 0.307. The van der Waals surface area contributed by atoms with Crippen LogP contribution in [0.5, 0.6) is 5.75 Å². The van der Waals surface area contributed by atoms with E-state index in [0.717, 1.165) is 68.1 Å². The van der Waals surface area contributed by atoms with E-state index in [1.807, 2.05) is 13.8 Å². The number of anilines is 1. The van der Waals surface area contributed by atoms with Crippen LogP contribution in [0.3, 0.4) is 0 Å². The third-order valence-electron chi connectivity index (χ3n) is 6.29. The molecule has 8 heteroatoms. The van der Waals surface area contributed by atoms with Crippen molar-refractivity contribution in [2.45, 2.75) is 52.8 Å². The van der Waals surface area contributed by atoms with E-state index in [1.165, 1.54) is 5.56 Å². The van der Waals surface area contributed by atoms with E-state index in [4.69, 9.17) is 9.47 Å². The second-order valence-electron chi connectivity index (χ2n) is 9.51. The van der Waals surface area contributed by atoms with Gasteiger partial charge in [0.15, 0.2) is 5.60 Å². The lowest BCUT2D eigenvalue weighted by Crippen LogP contribution is -2.47. The van der Waals surface area contributed by atoms with E-state index >= 15 is 0 Å². The molecule has 0 unspecified atom stereocenters. The third-order valence-corrected chi connectivity index (χ3v) is 6.29. The van der Waals surface area contributed by atoms with Gasteiger partial charge in [-0.05, 0) is 82.0 Å². The van der Waals surface area contributed by atoms with Gasteiger partial charge in [0.2, 0.25) is 0 Å². The highest BCUT2D eigenvalue weighted by Crippen LogP contribution is 2.31. The van der Waals surface area contributed by atoms with E-state index in [0.29, 0.717) is 12.4 Å². The van der Waals surface area contributed by atoms with Gasteiger partial charge in [-0.2, -0.15) is 13.2 Å². The van der Waals surface area contributed by atoms with Crippen LogP contribution in [0.1, 0.15) is 43.0 Å². The molecule has 0 spiro atoms. The highest BCUT2D eigenvalue weighted by atomic mass is 19.4. The molecule has 1 fully saturated rings. The average Bonchev–Trinajstić information content (AvgIpc) is 2.80. The van der Waals surface area contributed by atoms with Crippen molar-refractivity contribution in [2.24, 2.45) is 0 Å². The number of halogens is 3. The molecule has 1 aliphatic heterocycles. The molecule has 0 aromatic heterocycles. The molecule has 0 atom stereocenters. The zero-order valence-corrected chi connectivity index (χ0v) is 21.2. The van der Waals surface area contributed by atoms with Crippen LogP contribution in [0.4, 0.5) is 18.9 Å². The third kappa shape index (κ3) is 6.90. The van der Waals surface area contributed by atoms with Crippen molar-refractivity contribution in [3.05, 3.63) is 58.7 Å². The van der Waals surface area contributed by atoms with Crippen LogP contribution in [-0.2, 0) is 22.1 Å². The van der Waals surface area contributed by atoms with Crippen LogP contribution >= 0.6 is 0 Å². The van der Waals surface area contributed by atoms with Crippen molar-refractivity contribution in [2.75, 3.05) is 44.2 Å².